The third-order valence-corrected chi connectivity index (χ3v) is 5.38. The summed E-state index contributed by atoms with van der Waals surface area (Å²) in [6, 6.07) is 5.84. The Morgan fingerprint density at radius 2 is 1.84 bits per heavy atom. The monoisotopic (exact) mass is 350 g/mol. The Bertz CT molecular complexity index is 760. The zero-order chi connectivity index (χ0) is 17.6. The smallest absolute Gasteiger partial charge is 0.337 e. The lowest BCUT2D eigenvalue weighted by Crippen LogP contribution is -2.30. The molecule has 2 aliphatic rings. The maximum Gasteiger partial charge on any atom is 0.416 e. The van der Waals surface area contributed by atoms with Gasteiger partial charge in [-0.3, -0.25) is 9.89 Å². The molecule has 0 bridgehead atoms. The Morgan fingerprint density at radius 1 is 1.16 bits per heavy atom. The van der Waals surface area contributed by atoms with Crippen molar-refractivity contribution in [3.8, 4) is 0 Å². The molecular weight excluding hydrogens is 333 g/mol. The van der Waals surface area contributed by atoms with E-state index in [1.807, 2.05) is 0 Å². The number of halogens is 3. The molecule has 1 aromatic carbocycles. The number of hydrogen-bond donors (Lipinski definition) is 1. The van der Waals surface area contributed by atoms with Crippen LogP contribution in [0.25, 0.3) is 0 Å². The van der Waals surface area contributed by atoms with Gasteiger partial charge in [-0.15, -0.1) is 5.10 Å². The zero-order valence-corrected chi connectivity index (χ0v) is 13.3. The molecule has 1 aliphatic carbocycles. The number of aromatic amines is 1. The summed E-state index contributed by atoms with van der Waals surface area (Å²) < 4.78 is 39.7. The largest absolute Gasteiger partial charge is 0.416 e. The van der Waals surface area contributed by atoms with Crippen LogP contribution in [0.2, 0.25) is 0 Å². The molecule has 0 radical (unpaired) electrons. The molecule has 1 amide bonds. The molecule has 132 valence electrons. The van der Waals surface area contributed by atoms with Crippen LogP contribution >= 0.6 is 0 Å². The summed E-state index contributed by atoms with van der Waals surface area (Å²) in [4.78, 5) is 14.1. The lowest BCUT2D eigenvalue weighted by Gasteiger charge is -2.21. The molecule has 1 saturated heterocycles. The number of likely N-dealkylation sites (tertiary alicyclic amines) is 1. The van der Waals surface area contributed by atoms with Gasteiger partial charge in [0.1, 0.15) is 0 Å². The molecule has 2 heterocycles. The first-order chi connectivity index (χ1) is 11.9. The predicted molar refractivity (Wildman–Crippen MR) is 82.7 cm³/mol. The fourth-order valence-electron chi connectivity index (χ4n) is 4.30. The summed E-state index contributed by atoms with van der Waals surface area (Å²) in [6.45, 7) is 1.14. The normalized spacial score (nSPS) is 26.0. The zero-order valence-electron chi connectivity index (χ0n) is 13.3. The summed E-state index contributed by atoms with van der Waals surface area (Å²) in [5.74, 6) is 0.205. The van der Waals surface area contributed by atoms with Gasteiger partial charge in [0.25, 0.3) is 5.91 Å². The Balaban J connectivity index is 1.48. The first-order valence-corrected chi connectivity index (χ1v) is 8.25. The van der Waals surface area contributed by atoms with Crippen molar-refractivity contribution in [3.05, 3.63) is 47.3 Å². The quantitative estimate of drug-likeness (QED) is 0.905. The molecule has 2 aromatic rings. The van der Waals surface area contributed by atoms with Gasteiger partial charge in [-0.1, -0.05) is 23.4 Å². The van der Waals surface area contributed by atoms with Crippen molar-refractivity contribution in [1.29, 1.82) is 0 Å². The second-order valence-electron chi connectivity index (χ2n) is 6.84. The third-order valence-electron chi connectivity index (χ3n) is 5.38. The Hall–Kier alpha value is -2.38. The fourth-order valence-corrected chi connectivity index (χ4v) is 4.30. The van der Waals surface area contributed by atoms with Crippen molar-refractivity contribution < 1.29 is 18.0 Å². The molecule has 1 aromatic heterocycles. The Labute approximate surface area is 142 Å². The number of benzene rings is 1. The van der Waals surface area contributed by atoms with Crippen molar-refractivity contribution >= 4 is 5.91 Å². The molecule has 25 heavy (non-hydrogen) atoms. The van der Waals surface area contributed by atoms with Gasteiger partial charge in [0.15, 0.2) is 5.69 Å². The molecule has 3 atom stereocenters. The number of nitrogens with one attached hydrogen (secondary N) is 1. The highest BCUT2D eigenvalue weighted by atomic mass is 19.4. The van der Waals surface area contributed by atoms with E-state index in [-0.39, 0.29) is 29.4 Å². The van der Waals surface area contributed by atoms with Crippen molar-refractivity contribution in [1.82, 2.24) is 20.3 Å². The fraction of sp³-hybridized carbons (Fsp3) is 0.471. The van der Waals surface area contributed by atoms with E-state index in [9.17, 15) is 18.0 Å². The van der Waals surface area contributed by atoms with Crippen LogP contribution < -0.4 is 0 Å². The minimum atomic E-state index is -4.33. The van der Waals surface area contributed by atoms with Gasteiger partial charge in [0.2, 0.25) is 0 Å². The van der Waals surface area contributed by atoms with Gasteiger partial charge in [-0.2, -0.15) is 13.2 Å². The number of H-pyrrole nitrogens is 1. The molecule has 0 spiro atoms. The molecular formula is C17H17F3N4O. The van der Waals surface area contributed by atoms with Crippen LogP contribution in [0.5, 0.6) is 0 Å². The molecule has 0 unspecified atom stereocenters. The van der Waals surface area contributed by atoms with Gasteiger partial charge < -0.3 is 4.90 Å². The predicted octanol–water partition coefficient (Wildman–Crippen LogP) is 3.09. The minimum Gasteiger partial charge on any atom is -0.337 e. The number of rotatable bonds is 2. The molecule has 2 fully saturated rings. The number of hydrogen-bond acceptors (Lipinski definition) is 3. The molecule has 4 rings (SSSR count). The van der Waals surface area contributed by atoms with Gasteiger partial charge in [0.05, 0.1) is 11.8 Å². The lowest BCUT2D eigenvalue weighted by atomic mass is 9.91. The number of amides is 1. The van der Waals surface area contributed by atoms with Crippen LogP contribution in [-0.4, -0.2) is 39.3 Å². The summed E-state index contributed by atoms with van der Waals surface area (Å²) in [7, 11) is 0. The van der Waals surface area contributed by atoms with E-state index in [2.05, 4.69) is 15.4 Å². The Kier molecular flexibility index (Phi) is 3.77. The molecule has 1 aliphatic heterocycles. The van der Waals surface area contributed by atoms with E-state index in [1.165, 1.54) is 12.3 Å². The average molecular weight is 350 g/mol. The van der Waals surface area contributed by atoms with Crippen LogP contribution in [-0.2, 0) is 6.18 Å². The molecule has 1 saturated carbocycles. The summed E-state index contributed by atoms with van der Waals surface area (Å²) in [6.07, 6.45) is -1.51. The van der Waals surface area contributed by atoms with Crippen molar-refractivity contribution in [2.24, 2.45) is 11.8 Å². The van der Waals surface area contributed by atoms with Crippen molar-refractivity contribution in [2.45, 2.75) is 24.9 Å². The van der Waals surface area contributed by atoms with E-state index < -0.39 is 11.7 Å². The number of alkyl halides is 3. The van der Waals surface area contributed by atoms with Gasteiger partial charge in [-0.05, 0) is 42.2 Å². The third kappa shape index (κ3) is 2.89. The van der Waals surface area contributed by atoms with Crippen LogP contribution in [0, 0.1) is 11.8 Å². The van der Waals surface area contributed by atoms with Gasteiger partial charge in [0, 0.05) is 13.1 Å². The summed E-state index contributed by atoms with van der Waals surface area (Å²) >= 11 is 0. The van der Waals surface area contributed by atoms with Crippen LogP contribution in [0.3, 0.4) is 0 Å². The van der Waals surface area contributed by atoms with Gasteiger partial charge in [-0.25, -0.2) is 0 Å². The molecule has 1 N–H and O–H groups in total. The van der Waals surface area contributed by atoms with Crippen LogP contribution in [0.15, 0.2) is 30.5 Å². The lowest BCUT2D eigenvalue weighted by molar-refractivity contribution is -0.138. The maximum absolute atomic E-state index is 13.2. The molecule has 8 heteroatoms. The second kappa shape index (κ2) is 5.86. The van der Waals surface area contributed by atoms with Crippen LogP contribution in [0.4, 0.5) is 13.2 Å². The van der Waals surface area contributed by atoms with Crippen molar-refractivity contribution in [3.63, 3.8) is 0 Å². The van der Waals surface area contributed by atoms with E-state index in [0.717, 1.165) is 6.07 Å². The first-order valence-electron chi connectivity index (χ1n) is 8.25. The number of fused-ring (bicyclic) bond motifs is 1. The van der Waals surface area contributed by atoms with E-state index in [4.69, 9.17) is 0 Å². The highest BCUT2D eigenvalue weighted by Gasteiger charge is 2.45. The topological polar surface area (TPSA) is 61.9 Å². The SMILES string of the molecule is O=C(c1c[nH]nn1)N1C[C@H]2C[C@@H](c3ccccc3C(F)(F)F)C[C@H]2C1. The minimum absolute atomic E-state index is 0.0999. The average Bonchev–Trinajstić information content (AvgIpc) is 3.29. The van der Waals surface area contributed by atoms with E-state index >= 15 is 0 Å². The number of carbonyl (C=O) groups is 1. The number of nitrogens with zero attached hydrogens (tertiary/aromatic N) is 3. The highest BCUT2D eigenvalue weighted by Crippen LogP contribution is 2.48. The summed E-state index contributed by atoms with van der Waals surface area (Å²) in [5.41, 5.74) is 0.133. The summed E-state index contributed by atoms with van der Waals surface area (Å²) in [5, 5.41) is 9.79. The molecule has 5 nitrogen and oxygen atoms in total. The van der Waals surface area contributed by atoms with Crippen molar-refractivity contribution in [2.75, 3.05) is 13.1 Å². The Morgan fingerprint density at radius 3 is 2.44 bits per heavy atom. The first kappa shape index (κ1) is 16.1. The second-order valence-corrected chi connectivity index (χ2v) is 6.84. The number of aromatic nitrogens is 3. The maximum atomic E-state index is 13.2. The van der Waals surface area contributed by atoms with E-state index in [1.54, 1.807) is 17.0 Å². The number of carbonyl (C=O) groups excluding carboxylic acids is 1. The van der Waals surface area contributed by atoms with E-state index in [0.29, 0.717) is 31.5 Å². The highest BCUT2D eigenvalue weighted by molar-refractivity contribution is 5.92. The van der Waals surface area contributed by atoms with Gasteiger partial charge >= 0.3 is 6.18 Å². The standard InChI is InChI=1S/C17H17F3N4O/c18-17(19,20)14-4-2-1-3-13(14)10-5-11-8-24(9-12(11)6-10)16(25)15-7-21-23-22-15/h1-4,7,10-12H,5-6,8-9H2,(H,21,22,23)/t10-,11-,12+. The van der Waals surface area contributed by atoms with Crippen LogP contribution in [0.1, 0.15) is 40.4 Å².